The van der Waals surface area contributed by atoms with Gasteiger partial charge in [0.2, 0.25) is 5.28 Å². The molecule has 0 amide bonds. The molecule has 1 saturated heterocycles. The molecule has 4 atom stereocenters. The molecule has 1 aliphatic heterocycles. The van der Waals surface area contributed by atoms with E-state index < -0.39 is 36.7 Å². The summed E-state index contributed by atoms with van der Waals surface area (Å²) in [7, 11) is 0. The highest BCUT2D eigenvalue weighted by Crippen LogP contribution is 2.33. The number of hydrogen-bond donors (Lipinski definition) is 4. The third-order valence-corrected chi connectivity index (χ3v) is 3.48. The molecule has 1 fully saturated rings. The van der Waals surface area contributed by atoms with Gasteiger partial charge in [0.25, 0.3) is 5.56 Å². The summed E-state index contributed by atoms with van der Waals surface area (Å²) < 4.78 is 6.55. The van der Waals surface area contributed by atoms with Crippen LogP contribution in [0.4, 0.5) is 0 Å². The van der Waals surface area contributed by atoms with Crippen LogP contribution in [-0.4, -0.2) is 59.8 Å². The van der Waals surface area contributed by atoms with Crippen molar-refractivity contribution in [3.63, 3.8) is 0 Å². The van der Waals surface area contributed by atoms with Crippen molar-refractivity contribution in [2.75, 3.05) is 6.61 Å². The molecule has 0 aromatic carbocycles. The standard InChI is InChI=1S/C10H11ClN4O5/c11-10-14-4-7(12-2-13-8(4)19)15(10)9-6(18)5(17)3(1-16)20-9/h2-3,5-6,9,16-18H,1H2,(H,12,13,19)/t3-,5+,6+,9-/m1/s1. The first-order chi connectivity index (χ1) is 9.54. The van der Waals surface area contributed by atoms with Gasteiger partial charge in [0.15, 0.2) is 17.4 Å². The van der Waals surface area contributed by atoms with Crippen LogP contribution >= 0.6 is 11.6 Å². The summed E-state index contributed by atoms with van der Waals surface area (Å²) >= 11 is 5.95. The normalized spacial score (nSPS) is 30.2. The van der Waals surface area contributed by atoms with E-state index in [1.54, 1.807) is 0 Å². The molecule has 2 aromatic heterocycles. The highest BCUT2D eigenvalue weighted by molar-refractivity contribution is 6.29. The molecule has 108 valence electrons. The zero-order valence-corrected chi connectivity index (χ0v) is 10.7. The summed E-state index contributed by atoms with van der Waals surface area (Å²) in [6.07, 6.45) is -3.48. The lowest BCUT2D eigenvalue weighted by atomic mass is 10.1. The predicted octanol–water partition coefficient (Wildman–Crippen LogP) is -1.62. The van der Waals surface area contributed by atoms with E-state index in [1.165, 1.54) is 10.9 Å². The molecule has 0 radical (unpaired) electrons. The summed E-state index contributed by atoms with van der Waals surface area (Å²) in [5.74, 6) is 0. The number of imidazole rings is 1. The fourth-order valence-electron chi connectivity index (χ4n) is 2.21. The molecule has 0 bridgehead atoms. The first-order valence-corrected chi connectivity index (χ1v) is 6.16. The molecular weight excluding hydrogens is 292 g/mol. The molecule has 3 heterocycles. The van der Waals surface area contributed by atoms with Crippen molar-refractivity contribution < 1.29 is 20.1 Å². The summed E-state index contributed by atoms with van der Waals surface area (Å²) in [6.45, 7) is -0.465. The number of hydrogen-bond acceptors (Lipinski definition) is 7. The van der Waals surface area contributed by atoms with E-state index in [-0.39, 0.29) is 16.4 Å². The lowest BCUT2D eigenvalue weighted by molar-refractivity contribution is -0.0509. The summed E-state index contributed by atoms with van der Waals surface area (Å²) in [5.41, 5.74) is -0.369. The number of halogens is 1. The Kier molecular flexibility index (Phi) is 3.22. The fraction of sp³-hybridized carbons (Fsp3) is 0.500. The average Bonchev–Trinajstić information content (AvgIpc) is 2.90. The summed E-state index contributed by atoms with van der Waals surface area (Å²) in [5, 5.41) is 28.7. The average molecular weight is 303 g/mol. The molecular formula is C10H11ClN4O5. The van der Waals surface area contributed by atoms with Gasteiger partial charge in [-0.1, -0.05) is 0 Å². The predicted molar refractivity (Wildman–Crippen MR) is 66.2 cm³/mol. The van der Waals surface area contributed by atoms with Crippen molar-refractivity contribution in [1.82, 2.24) is 19.5 Å². The van der Waals surface area contributed by atoms with E-state index in [0.29, 0.717) is 0 Å². The van der Waals surface area contributed by atoms with E-state index in [2.05, 4.69) is 15.0 Å². The van der Waals surface area contributed by atoms with E-state index in [4.69, 9.17) is 21.4 Å². The molecule has 0 spiro atoms. The Bertz CT molecular complexity index is 701. The second kappa shape index (κ2) is 4.79. The minimum atomic E-state index is -1.33. The Morgan fingerprint density at radius 1 is 1.45 bits per heavy atom. The monoisotopic (exact) mass is 302 g/mol. The number of nitrogens with one attached hydrogen (secondary N) is 1. The molecule has 0 saturated carbocycles. The zero-order chi connectivity index (χ0) is 14.4. The van der Waals surface area contributed by atoms with Gasteiger partial charge in [0.1, 0.15) is 18.3 Å². The quantitative estimate of drug-likeness (QED) is 0.490. The van der Waals surface area contributed by atoms with E-state index in [9.17, 15) is 15.0 Å². The van der Waals surface area contributed by atoms with Crippen molar-refractivity contribution in [1.29, 1.82) is 0 Å². The maximum atomic E-state index is 11.6. The van der Waals surface area contributed by atoms with Crippen molar-refractivity contribution >= 4 is 22.8 Å². The van der Waals surface area contributed by atoms with Crippen LogP contribution in [0.3, 0.4) is 0 Å². The maximum absolute atomic E-state index is 11.6. The molecule has 20 heavy (non-hydrogen) atoms. The highest BCUT2D eigenvalue weighted by atomic mass is 35.5. The van der Waals surface area contributed by atoms with Crippen molar-refractivity contribution in [3.8, 4) is 0 Å². The largest absolute Gasteiger partial charge is 0.394 e. The number of nitrogens with zero attached hydrogens (tertiary/aromatic N) is 3. The van der Waals surface area contributed by atoms with Gasteiger partial charge in [0, 0.05) is 0 Å². The molecule has 3 rings (SSSR count). The molecule has 0 unspecified atom stereocenters. The number of aliphatic hydroxyl groups is 3. The summed E-state index contributed by atoms with van der Waals surface area (Å²) in [6, 6.07) is 0. The smallest absolute Gasteiger partial charge is 0.278 e. The first kappa shape index (κ1) is 13.5. The number of aromatic amines is 1. The SMILES string of the molecule is O=c1[nH]cnc2c1nc(Cl)n2[C@@H]1O[C@H](CO)[C@H](O)[C@@H]1O. The van der Waals surface area contributed by atoms with Crippen LogP contribution in [0.2, 0.25) is 5.28 Å². The number of rotatable bonds is 2. The lowest BCUT2D eigenvalue weighted by Crippen LogP contribution is -2.33. The molecule has 1 aliphatic rings. The minimum absolute atomic E-state index is 0.00441. The number of H-pyrrole nitrogens is 1. The maximum Gasteiger partial charge on any atom is 0.278 e. The number of aromatic nitrogens is 4. The number of ether oxygens (including phenoxy) is 1. The van der Waals surface area contributed by atoms with Gasteiger partial charge in [-0.2, -0.15) is 0 Å². The zero-order valence-electron chi connectivity index (χ0n) is 9.97. The van der Waals surface area contributed by atoms with Crippen LogP contribution in [0, 0.1) is 0 Å². The van der Waals surface area contributed by atoms with Gasteiger partial charge in [-0.3, -0.25) is 9.36 Å². The molecule has 9 nitrogen and oxygen atoms in total. The molecule has 10 heteroatoms. The van der Waals surface area contributed by atoms with Gasteiger partial charge in [-0.15, -0.1) is 0 Å². The van der Waals surface area contributed by atoms with Gasteiger partial charge in [-0.05, 0) is 11.6 Å². The van der Waals surface area contributed by atoms with Crippen LogP contribution < -0.4 is 5.56 Å². The van der Waals surface area contributed by atoms with Crippen molar-refractivity contribution in [2.24, 2.45) is 0 Å². The van der Waals surface area contributed by atoms with E-state index >= 15 is 0 Å². The van der Waals surface area contributed by atoms with Gasteiger partial charge >= 0.3 is 0 Å². The van der Waals surface area contributed by atoms with Crippen molar-refractivity contribution in [2.45, 2.75) is 24.5 Å². The van der Waals surface area contributed by atoms with Crippen LogP contribution in [0.1, 0.15) is 6.23 Å². The topological polar surface area (TPSA) is 133 Å². The third kappa shape index (κ3) is 1.83. The molecule has 2 aromatic rings. The first-order valence-electron chi connectivity index (χ1n) is 5.78. The highest BCUT2D eigenvalue weighted by Gasteiger charge is 2.44. The Balaban J connectivity index is 2.14. The van der Waals surface area contributed by atoms with Crippen LogP contribution in [0.25, 0.3) is 11.2 Å². The number of fused-ring (bicyclic) bond motifs is 1. The van der Waals surface area contributed by atoms with E-state index in [1.807, 2.05) is 0 Å². The Morgan fingerprint density at radius 3 is 2.85 bits per heavy atom. The second-order valence-corrected chi connectivity index (χ2v) is 4.72. The number of aliphatic hydroxyl groups excluding tert-OH is 3. The van der Waals surface area contributed by atoms with Crippen LogP contribution in [0.15, 0.2) is 11.1 Å². The lowest BCUT2D eigenvalue weighted by Gasteiger charge is -2.17. The second-order valence-electron chi connectivity index (χ2n) is 4.38. The van der Waals surface area contributed by atoms with Crippen LogP contribution in [0.5, 0.6) is 0 Å². The van der Waals surface area contributed by atoms with Gasteiger partial charge in [-0.25, -0.2) is 9.97 Å². The molecule has 0 aliphatic carbocycles. The van der Waals surface area contributed by atoms with Gasteiger partial charge < -0.3 is 25.0 Å². The van der Waals surface area contributed by atoms with Crippen molar-refractivity contribution in [3.05, 3.63) is 22.0 Å². The molecule has 4 N–H and O–H groups in total. The summed E-state index contributed by atoms with van der Waals surface area (Å²) in [4.78, 5) is 21.8. The minimum Gasteiger partial charge on any atom is -0.394 e. The Hall–Kier alpha value is -1.52. The Morgan fingerprint density at radius 2 is 2.20 bits per heavy atom. The van der Waals surface area contributed by atoms with Gasteiger partial charge in [0.05, 0.1) is 12.9 Å². The fourth-order valence-corrected chi connectivity index (χ4v) is 2.47. The van der Waals surface area contributed by atoms with E-state index in [0.717, 1.165) is 0 Å². The Labute approximate surface area is 116 Å². The van der Waals surface area contributed by atoms with Crippen LogP contribution in [-0.2, 0) is 4.74 Å². The third-order valence-electron chi connectivity index (χ3n) is 3.21.